The second kappa shape index (κ2) is 11.8. The van der Waals surface area contributed by atoms with Crippen LogP contribution in [0.5, 0.6) is 17.2 Å². The molecule has 5 nitrogen and oxygen atoms in total. The zero-order chi connectivity index (χ0) is 22.8. The lowest BCUT2D eigenvalue weighted by molar-refractivity contribution is 0.103. The normalized spacial score (nSPS) is 12.1. The lowest BCUT2D eigenvalue weighted by Crippen LogP contribution is -2.07. The highest BCUT2D eigenvalue weighted by Crippen LogP contribution is 2.32. The zero-order valence-electron chi connectivity index (χ0n) is 18.8. The number of aliphatic imine (C=N–C) groups is 1. The largest absolute Gasteiger partial charge is 0.504 e. The Balaban J connectivity index is 0.000000785. The number of rotatable bonds is 8. The Bertz CT molecular complexity index is 947. The first-order valence-electron chi connectivity index (χ1n) is 10.5. The molecule has 0 atom stereocenters. The van der Waals surface area contributed by atoms with E-state index in [-0.39, 0.29) is 11.5 Å². The molecular formula is C26H31NO4. The summed E-state index contributed by atoms with van der Waals surface area (Å²) in [5.41, 5.74) is 2.59. The number of ketones is 1. The standard InChI is InChI=1S/C22H25NO4.C4H6/c1-14(2)23-12-17-10-21(26-3)20(24)11-19(17)22(25)16-6-8-18(9-7-16)27-13-15-4-5-15;1-3-4-2/h6-11,15,24H,4-5,12-13H2,1-3H3;1H,4H2,2H3. The lowest BCUT2D eigenvalue weighted by Gasteiger charge is -2.12. The molecule has 0 amide bonds. The number of hydrogen-bond acceptors (Lipinski definition) is 5. The van der Waals surface area contributed by atoms with E-state index >= 15 is 0 Å². The Kier molecular flexibility index (Phi) is 9.14. The van der Waals surface area contributed by atoms with Crippen LogP contribution in [-0.2, 0) is 6.54 Å². The molecule has 3 rings (SSSR count). The van der Waals surface area contributed by atoms with Crippen molar-refractivity contribution in [2.75, 3.05) is 13.7 Å². The molecule has 164 valence electrons. The zero-order valence-corrected chi connectivity index (χ0v) is 18.8. The van der Waals surface area contributed by atoms with Gasteiger partial charge < -0.3 is 14.6 Å². The first-order chi connectivity index (χ1) is 14.9. The quantitative estimate of drug-likeness (QED) is 0.350. The van der Waals surface area contributed by atoms with Crippen LogP contribution in [0.25, 0.3) is 0 Å². The molecule has 2 aromatic carbocycles. The average Bonchev–Trinajstić information content (AvgIpc) is 3.61. The highest BCUT2D eigenvalue weighted by Gasteiger charge is 2.22. The Hall–Kier alpha value is -3.26. The van der Waals surface area contributed by atoms with E-state index in [4.69, 9.17) is 15.9 Å². The number of benzene rings is 2. The topological polar surface area (TPSA) is 68.1 Å². The summed E-state index contributed by atoms with van der Waals surface area (Å²) in [6.45, 7) is 6.83. The summed E-state index contributed by atoms with van der Waals surface area (Å²) in [5, 5.41) is 10.1. The van der Waals surface area contributed by atoms with Crippen LogP contribution in [0, 0.1) is 18.3 Å². The smallest absolute Gasteiger partial charge is 0.193 e. The average molecular weight is 422 g/mol. The van der Waals surface area contributed by atoms with Crippen LogP contribution in [-0.4, -0.2) is 30.3 Å². The van der Waals surface area contributed by atoms with Gasteiger partial charge in [-0.25, -0.2) is 0 Å². The fraction of sp³-hybridized carbons (Fsp3) is 0.385. The maximum Gasteiger partial charge on any atom is 0.193 e. The summed E-state index contributed by atoms with van der Waals surface area (Å²) in [4.78, 5) is 17.4. The second-order valence-electron chi connectivity index (χ2n) is 7.61. The van der Waals surface area contributed by atoms with Crippen LogP contribution < -0.4 is 9.47 Å². The van der Waals surface area contributed by atoms with Crippen molar-refractivity contribution in [2.24, 2.45) is 10.9 Å². The van der Waals surface area contributed by atoms with Gasteiger partial charge in [0.2, 0.25) is 0 Å². The molecule has 0 aromatic heterocycles. The molecule has 1 saturated carbocycles. The number of aromatic hydroxyl groups is 1. The molecule has 1 N–H and O–H groups in total. The maximum atomic E-state index is 13.0. The van der Waals surface area contributed by atoms with Crippen LogP contribution in [0.3, 0.4) is 0 Å². The molecule has 0 saturated heterocycles. The number of phenolic OH excluding ortho intramolecular Hbond substituents is 1. The monoisotopic (exact) mass is 421 g/mol. The van der Waals surface area contributed by atoms with Crippen molar-refractivity contribution in [3.63, 3.8) is 0 Å². The molecule has 1 aliphatic carbocycles. The van der Waals surface area contributed by atoms with Crippen molar-refractivity contribution in [1.82, 2.24) is 0 Å². The lowest BCUT2D eigenvalue weighted by atomic mass is 9.97. The van der Waals surface area contributed by atoms with Crippen LogP contribution in [0.4, 0.5) is 0 Å². The molecule has 0 spiro atoms. The van der Waals surface area contributed by atoms with Gasteiger partial charge in [-0.2, -0.15) is 0 Å². The number of carbonyl (C=O) groups is 1. The van der Waals surface area contributed by atoms with E-state index in [1.807, 2.05) is 32.9 Å². The second-order valence-corrected chi connectivity index (χ2v) is 7.61. The van der Waals surface area contributed by atoms with E-state index in [0.717, 1.165) is 24.5 Å². The van der Waals surface area contributed by atoms with Gasteiger partial charge in [0.15, 0.2) is 17.3 Å². The molecule has 0 heterocycles. The third-order valence-electron chi connectivity index (χ3n) is 4.72. The number of phenols is 1. The minimum absolute atomic E-state index is 0.0637. The molecule has 31 heavy (non-hydrogen) atoms. The van der Waals surface area contributed by atoms with E-state index in [9.17, 15) is 9.90 Å². The summed E-state index contributed by atoms with van der Waals surface area (Å²) in [5.74, 6) is 3.97. The molecular weight excluding hydrogens is 390 g/mol. The number of nitrogens with zero attached hydrogens (tertiary/aromatic N) is 1. The van der Waals surface area contributed by atoms with Gasteiger partial charge in [0.05, 0.1) is 20.3 Å². The maximum absolute atomic E-state index is 13.0. The van der Waals surface area contributed by atoms with Gasteiger partial charge in [-0.05, 0) is 74.6 Å². The fourth-order valence-corrected chi connectivity index (χ4v) is 2.72. The van der Waals surface area contributed by atoms with E-state index in [1.165, 1.54) is 26.0 Å². The first-order valence-corrected chi connectivity index (χ1v) is 10.5. The molecule has 0 unspecified atom stereocenters. The fourth-order valence-electron chi connectivity index (χ4n) is 2.72. The van der Waals surface area contributed by atoms with Crippen LogP contribution in [0.15, 0.2) is 41.4 Å². The van der Waals surface area contributed by atoms with E-state index in [0.29, 0.717) is 34.9 Å². The summed E-state index contributed by atoms with van der Waals surface area (Å²) < 4.78 is 10.9. The highest BCUT2D eigenvalue weighted by molar-refractivity contribution is 6.10. The van der Waals surface area contributed by atoms with Crippen molar-refractivity contribution in [2.45, 2.75) is 46.6 Å². The Morgan fingerprint density at radius 3 is 2.39 bits per heavy atom. The Morgan fingerprint density at radius 1 is 1.23 bits per heavy atom. The van der Waals surface area contributed by atoms with E-state index in [2.05, 4.69) is 10.9 Å². The van der Waals surface area contributed by atoms with E-state index < -0.39 is 0 Å². The molecule has 0 radical (unpaired) electrons. The number of methoxy groups -OCH3 is 1. The van der Waals surface area contributed by atoms with E-state index in [1.54, 1.807) is 18.2 Å². The molecule has 1 aliphatic rings. The van der Waals surface area contributed by atoms with Crippen molar-refractivity contribution < 1.29 is 19.4 Å². The van der Waals surface area contributed by atoms with Gasteiger partial charge in [-0.3, -0.25) is 9.79 Å². The van der Waals surface area contributed by atoms with Gasteiger partial charge in [-0.15, -0.1) is 12.3 Å². The molecule has 5 heteroatoms. The summed E-state index contributed by atoms with van der Waals surface area (Å²) in [7, 11) is 1.48. The number of hydrogen-bond donors (Lipinski definition) is 1. The van der Waals surface area contributed by atoms with Crippen molar-refractivity contribution in [1.29, 1.82) is 0 Å². The van der Waals surface area contributed by atoms with Crippen molar-refractivity contribution in [3.8, 4) is 29.6 Å². The summed E-state index contributed by atoms with van der Waals surface area (Å²) in [6, 6.07) is 10.3. The molecule has 0 bridgehead atoms. The van der Waals surface area contributed by atoms with Crippen molar-refractivity contribution in [3.05, 3.63) is 53.1 Å². The summed E-state index contributed by atoms with van der Waals surface area (Å²) >= 11 is 0. The third-order valence-corrected chi connectivity index (χ3v) is 4.72. The Labute approximate surface area is 185 Å². The molecule has 1 fully saturated rings. The highest BCUT2D eigenvalue weighted by atomic mass is 16.5. The van der Waals surface area contributed by atoms with Gasteiger partial charge >= 0.3 is 0 Å². The number of carbonyl (C=O) groups excluding carboxylic acids is 1. The number of ether oxygens (including phenoxy) is 2. The predicted molar refractivity (Wildman–Crippen MR) is 124 cm³/mol. The van der Waals surface area contributed by atoms with Gasteiger partial charge in [0.25, 0.3) is 0 Å². The van der Waals surface area contributed by atoms with Crippen LogP contribution in [0.2, 0.25) is 0 Å². The molecule has 2 aromatic rings. The van der Waals surface area contributed by atoms with Gasteiger partial charge in [0, 0.05) is 23.3 Å². The molecule has 0 aliphatic heterocycles. The third kappa shape index (κ3) is 7.49. The van der Waals surface area contributed by atoms with Crippen molar-refractivity contribution >= 4 is 11.5 Å². The first kappa shape index (κ1) is 24.0. The minimum Gasteiger partial charge on any atom is -0.504 e. The van der Waals surface area contributed by atoms with Crippen LogP contribution in [0.1, 0.15) is 61.5 Å². The number of terminal acetylenes is 1. The van der Waals surface area contributed by atoms with Gasteiger partial charge in [0.1, 0.15) is 5.75 Å². The summed E-state index contributed by atoms with van der Waals surface area (Å²) in [6.07, 6.45) is 8.10. The van der Waals surface area contributed by atoms with Gasteiger partial charge in [-0.1, -0.05) is 6.92 Å². The Morgan fingerprint density at radius 2 is 1.87 bits per heavy atom. The predicted octanol–water partition coefficient (Wildman–Crippen LogP) is 5.43. The minimum atomic E-state index is -0.166. The van der Waals surface area contributed by atoms with Crippen LogP contribution >= 0.6 is 0 Å². The SMILES string of the molecule is C#CCC.COc1cc(CN=C(C)C)c(C(=O)c2ccc(OCC3CC3)cc2)cc1O.